The number of hydrogen-bond donors (Lipinski definition) is 2. The first-order valence-corrected chi connectivity index (χ1v) is 9.27. The molecule has 0 radical (unpaired) electrons. The van der Waals surface area contributed by atoms with Gasteiger partial charge in [0.15, 0.2) is 0 Å². The number of ether oxygens (including phenoxy) is 1. The van der Waals surface area contributed by atoms with Gasteiger partial charge in [-0.25, -0.2) is 0 Å². The molecule has 0 fully saturated rings. The van der Waals surface area contributed by atoms with Crippen molar-refractivity contribution in [3.05, 3.63) is 59.2 Å². The Bertz CT molecular complexity index is 836. The zero-order valence-electron chi connectivity index (χ0n) is 17.2. The van der Waals surface area contributed by atoms with E-state index in [4.69, 9.17) is 4.74 Å². The van der Waals surface area contributed by atoms with Crippen LogP contribution in [0.1, 0.15) is 29.7 Å². The summed E-state index contributed by atoms with van der Waals surface area (Å²) in [5.74, 6) is 0.360. The molecule has 2 aromatic rings. The summed E-state index contributed by atoms with van der Waals surface area (Å²) in [6.07, 6.45) is 0. The Morgan fingerprint density at radius 3 is 2.43 bits per heavy atom. The van der Waals surface area contributed by atoms with Gasteiger partial charge in [-0.2, -0.15) is 0 Å². The molecule has 0 unspecified atom stereocenters. The first kappa shape index (κ1) is 21.4. The lowest BCUT2D eigenvalue weighted by molar-refractivity contribution is -0.123. The van der Waals surface area contributed by atoms with Gasteiger partial charge in [0.2, 0.25) is 11.8 Å². The molecule has 0 saturated carbocycles. The Morgan fingerprint density at radius 2 is 1.75 bits per heavy atom. The van der Waals surface area contributed by atoms with Crippen LogP contribution >= 0.6 is 0 Å². The van der Waals surface area contributed by atoms with E-state index < -0.39 is 0 Å². The van der Waals surface area contributed by atoms with Crippen molar-refractivity contribution in [2.45, 2.75) is 26.8 Å². The molecule has 0 aromatic heterocycles. The molecule has 0 aliphatic carbocycles. The molecule has 28 heavy (non-hydrogen) atoms. The summed E-state index contributed by atoms with van der Waals surface area (Å²) in [4.78, 5) is 26.2. The van der Waals surface area contributed by atoms with E-state index in [1.54, 1.807) is 37.3 Å². The Labute approximate surface area is 166 Å². The lowest BCUT2D eigenvalue weighted by Gasteiger charge is -2.19. The van der Waals surface area contributed by atoms with Gasteiger partial charge in [0.25, 0.3) is 0 Å². The molecular formula is C22H29N3O3. The largest absolute Gasteiger partial charge is 0.497 e. The van der Waals surface area contributed by atoms with Crippen molar-refractivity contribution < 1.29 is 14.3 Å². The van der Waals surface area contributed by atoms with Gasteiger partial charge in [-0.15, -0.1) is 0 Å². The summed E-state index contributed by atoms with van der Waals surface area (Å²) in [6, 6.07) is 13.2. The molecule has 6 heteroatoms. The average Bonchev–Trinajstić information content (AvgIpc) is 2.63. The van der Waals surface area contributed by atoms with E-state index in [1.807, 2.05) is 19.1 Å². The third-order valence-corrected chi connectivity index (χ3v) is 4.59. The maximum Gasteiger partial charge on any atom is 0.238 e. The highest BCUT2D eigenvalue weighted by molar-refractivity contribution is 5.92. The molecule has 0 spiro atoms. The first-order valence-electron chi connectivity index (χ1n) is 9.27. The average molecular weight is 383 g/mol. The summed E-state index contributed by atoms with van der Waals surface area (Å²) in [7, 11) is 3.32. The van der Waals surface area contributed by atoms with Gasteiger partial charge in [0.05, 0.1) is 26.2 Å². The molecule has 0 aliphatic rings. The predicted molar refractivity (Wildman–Crippen MR) is 112 cm³/mol. The number of amides is 2. The molecule has 2 N–H and O–H groups in total. The minimum atomic E-state index is -0.189. The Hall–Kier alpha value is -2.86. The Balaban J connectivity index is 1.82. The standard InChI is InChI=1S/C22H29N3O3/c1-15-9-10-18(11-16(15)2)17(3)23-21(26)13-25(4)14-22(27)24-19-7-6-8-20(12-19)28-5/h6-12,17H,13-14H2,1-5H3,(H,23,26)(H,24,27)/t17-/m1/s1. The molecule has 0 bridgehead atoms. The van der Waals surface area contributed by atoms with Crippen molar-refractivity contribution in [1.82, 2.24) is 10.2 Å². The highest BCUT2D eigenvalue weighted by Gasteiger charge is 2.14. The Kier molecular flexibility index (Phi) is 7.58. The maximum atomic E-state index is 12.3. The number of carbonyl (C=O) groups is 2. The summed E-state index contributed by atoms with van der Waals surface area (Å²) >= 11 is 0. The van der Waals surface area contributed by atoms with Crippen LogP contribution in [0.5, 0.6) is 5.75 Å². The number of carbonyl (C=O) groups excluding carboxylic acids is 2. The van der Waals surface area contributed by atoms with Crippen LogP contribution in [-0.4, -0.2) is 44.0 Å². The molecular weight excluding hydrogens is 354 g/mol. The predicted octanol–water partition coefficient (Wildman–Crippen LogP) is 3.06. The van der Waals surface area contributed by atoms with E-state index in [1.165, 1.54) is 11.1 Å². The van der Waals surface area contributed by atoms with Crippen LogP contribution in [0.25, 0.3) is 0 Å². The topological polar surface area (TPSA) is 70.7 Å². The second-order valence-electron chi connectivity index (χ2n) is 7.09. The zero-order chi connectivity index (χ0) is 20.7. The van der Waals surface area contributed by atoms with Crippen molar-refractivity contribution in [2.24, 2.45) is 0 Å². The third-order valence-electron chi connectivity index (χ3n) is 4.59. The lowest BCUT2D eigenvalue weighted by atomic mass is 10.0. The second-order valence-corrected chi connectivity index (χ2v) is 7.09. The van der Waals surface area contributed by atoms with E-state index in [9.17, 15) is 9.59 Å². The van der Waals surface area contributed by atoms with Crippen LogP contribution in [0.2, 0.25) is 0 Å². The van der Waals surface area contributed by atoms with E-state index in [-0.39, 0.29) is 30.9 Å². The molecule has 2 amide bonds. The van der Waals surface area contributed by atoms with Crippen molar-refractivity contribution in [1.29, 1.82) is 0 Å². The van der Waals surface area contributed by atoms with Crippen molar-refractivity contribution in [2.75, 3.05) is 32.6 Å². The molecule has 2 aromatic carbocycles. The highest BCUT2D eigenvalue weighted by atomic mass is 16.5. The number of benzene rings is 2. The van der Waals surface area contributed by atoms with Gasteiger partial charge in [0.1, 0.15) is 5.75 Å². The van der Waals surface area contributed by atoms with Crippen LogP contribution in [0.4, 0.5) is 5.69 Å². The van der Waals surface area contributed by atoms with Crippen LogP contribution in [0.15, 0.2) is 42.5 Å². The monoisotopic (exact) mass is 383 g/mol. The fourth-order valence-electron chi connectivity index (χ4n) is 2.85. The van der Waals surface area contributed by atoms with Crippen LogP contribution in [0.3, 0.4) is 0 Å². The third kappa shape index (κ3) is 6.39. The molecule has 0 heterocycles. The van der Waals surface area contributed by atoms with Crippen LogP contribution in [0, 0.1) is 13.8 Å². The fourth-order valence-corrected chi connectivity index (χ4v) is 2.85. The molecule has 0 aliphatic heterocycles. The summed E-state index contributed by atoms with van der Waals surface area (Å²) in [5.41, 5.74) is 4.15. The normalized spacial score (nSPS) is 11.8. The summed E-state index contributed by atoms with van der Waals surface area (Å²) in [5, 5.41) is 5.79. The molecule has 1 atom stereocenters. The van der Waals surface area contributed by atoms with E-state index in [0.29, 0.717) is 11.4 Å². The van der Waals surface area contributed by atoms with Crippen molar-refractivity contribution in [3.63, 3.8) is 0 Å². The molecule has 150 valence electrons. The van der Waals surface area contributed by atoms with Crippen molar-refractivity contribution >= 4 is 17.5 Å². The molecule has 2 rings (SSSR count). The maximum absolute atomic E-state index is 12.3. The minimum Gasteiger partial charge on any atom is -0.497 e. The fraction of sp³-hybridized carbons (Fsp3) is 0.364. The number of hydrogen-bond acceptors (Lipinski definition) is 4. The number of anilines is 1. The van der Waals surface area contributed by atoms with Gasteiger partial charge in [-0.05, 0) is 56.6 Å². The lowest BCUT2D eigenvalue weighted by Crippen LogP contribution is -2.39. The van der Waals surface area contributed by atoms with E-state index in [0.717, 1.165) is 5.56 Å². The number of aryl methyl sites for hydroxylation is 2. The number of rotatable bonds is 8. The summed E-state index contributed by atoms with van der Waals surface area (Å²) in [6.45, 7) is 6.33. The molecule has 6 nitrogen and oxygen atoms in total. The smallest absolute Gasteiger partial charge is 0.238 e. The zero-order valence-corrected chi connectivity index (χ0v) is 17.2. The van der Waals surface area contributed by atoms with Crippen LogP contribution < -0.4 is 15.4 Å². The first-order chi connectivity index (χ1) is 13.3. The van der Waals surface area contributed by atoms with Gasteiger partial charge in [0, 0.05) is 11.8 Å². The van der Waals surface area contributed by atoms with Gasteiger partial charge < -0.3 is 15.4 Å². The SMILES string of the molecule is COc1cccc(NC(=O)CN(C)CC(=O)N[C@H](C)c2ccc(C)c(C)c2)c1. The second kappa shape index (κ2) is 9.90. The quantitative estimate of drug-likeness (QED) is 0.735. The van der Waals surface area contributed by atoms with Gasteiger partial charge in [-0.3, -0.25) is 14.5 Å². The van der Waals surface area contributed by atoms with Gasteiger partial charge >= 0.3 is 0 Å². The van der Waals surface area contributed by atoms with E-state index >= 15 is 0 Å². The Morgan fingerprint density at radius 1 is 1.04 bits per heavy atom. The number of nitrogens with zero attached hydrogens (tertiary/aromatic N) is 1. The van der Waals surface area contributed by atoms with Crippen molar-refractivity contribution in [3.8, 4) is 5.75 Å². The van der Waals surface area contributed by atoms with Gasteiger partial charge in [-0.1, -0.05) is 24.3 Å². The molecule has 0 saturated heterocycles. The summed E-state index contributed by atoms with van der Waals surface area (Å²) < 4.78 is 5.14. The number of likely N-dealkylation sites (N-methyl/N-ethyl adjacent to an activating group) is 1. The van der Waals surface area contributed by atoms with Crippen LogP contribution in [-0.2, 0) is 9.59 Å². The minimum absolute atomic E-state index is 0.0918. The number of methoxy groups -OCH3 is 1. The number of nitrogens with one attached hydrogen (secondary N) is 2. The van der Waals surface area contributed by atoms with E-state index in [2.05, 4.69) is 36.6 Å². The highest BCUT2D eigenvalue weighted by Crippen LogP contribution is 2.17.